The van der Waals surface area contributed by atoms with Crippen LogP contribution in [0.15, 0.2) is 47.6 Å². The molecule has 0 aliphatic carbocycles. The molecule has 0 saturated heterocycles. The molecule has 0 spiro atoms. The molecule has 1 unspecified atom stereocenters. The van der Waals surface area contributed by atoms with Gasteiger partial charge >= 0.3 is 0 Å². The van der Waals surface area contributed by atoms with Gasteiger partial charge in [-0.05, 0) is 49.1 Å². The molecule has 1 amide bonds. The minimum atomic E-state index is -0.447. The van der Waals surface area contributed by atoms with E-state index in [1.807, 2.05) is 61.2 Å². The van der Waals surface area contributed by atoms with Crippen molar-refractivity contribution in [1.29, 1.82) is 0 Å². The van der Waals surface area contributed by atoms with Crippen LogP contribution >= 0.6 is 0 Å². The van der Waals surface area contributed by atoms with Gasteiger partial charge in [0.1, 0.15) is 11.3 Å². The van der Waals surface area contributed by atoms with Gasteiger partial charge in [-0.15, -0.1) is 0 Å². The van der Waals surface area contributed by atoms with E-state index >= 15 is 0 Å². The Hall–Kier alpha value is -3.02. The van der Waals surface area contributed by atoms with Crippen LogP contribution in [0.4, 0.5) is 0 Å². The Morgan fingerprint density at radius 1 is 1.14 bits per heavy atom. The number of ether oxygens (including phenoxy) is 2. The van der Waals surface area contributed by atoms with E-state index in [1.54, 1.807) is 14.2 Å². The number of hydrogen-bond acceptors (Lipinski definition) is 5. The molecule has 4 rings (SSSR count). The fraction of sp³-hybridized carbons (Fsp3) is 0.391. The topological polar surface area (TPSA) is 60.4 Å². The first-order valence-electron chi connectivity index (χ1n) is 9.79. The second kappa shape index (κ2) is 7.43. The molecule has 2 aliphatic rings. The number of oxime groups is 1. The number of methoxy groups -OCH3 is 2. The van der Waals surface area contributed by atoms with E-state index < -0.39 is 5.60 Å². The zero-order valence-electron chi connectivity index (χ0n) is 17.3. The number of amides is 1. The lowest BCUT2D eigenvalue weighted by Gasteiger charge is -2.38. The molecule has 29 heavy (non-hydrogen) atoms. The summed E-state index contributed by atoms with van der Waals surface area (Å²) in [7, 11) is 3.26. The minimum Gasteiger partial charge on any atom is -0.493 e. The number of fused-ring (bicyclic) bond motifs is 1. The van der Waals surface area contributed by atoms with Gasteiger partial charge in [0.2, 0.25) is 0 Å². The highest BCUT2D eigenvalue weighted by Gasteiger charge is 2.39. The van der Waals surface area contributed by atoms with Crippen LogP contribution in [0.5, 0.6) is 11.5 Å². The first kappa shape index (κ1) is 19.3. The lowest BCUT2D eigenvalue weighted by Crippen LogP contribution is -2.44. The Kier molecular flexibility index (Phi) is 4.94. The normalized spacial score (nSPS) is 19.8. The van der Waals surface area contributed by atoms with Gasteiger partial charge in [-0.25, -0.2) is 0 Å². The Balaban J connectivity index is 1.79. The van der Waals surface area contributed by atoms with E-state index in [2.05, 4.69) is 5.16 Å². The van der Waals surface area contributed by atoms with E-state index in [-0.39, 0.29) is 11.9 Å². The van der Waals surface area contributed by atoms with Crippen LogP contribution < -0.4 is 9.47 Å². The molecular weight excluding hydrogens is 368 g/mol. The van der Waals surface area contributed by atoms with Gasteiger partial charge < -0.3 is 19.2 Å². The minimum absolute atomic E-state index is 0.0788. The molecule has 152 valence electrons. The third-order valence-electron chi connectivity index (χ3n) is 5.49. The summed E-state index contributed by atoms with van der Waals surface area (Å²) >= 11 is 0. The zero-order chi connectivity index (χ0) is 20.6. The van der Waals surface area contributed by atoms with Crippen LogP contribution in [0.1, 0.15) is 43.0 Å². The van der Waals surface area contributed by atoms with E-state index in [0.717, 1.165) is 23.1 Å². The maximum atomic E-state index is 13.4. The Morgan fingerprint density at radius 2 is 1.83 bits per heavy atom. The lowest BCUT2D eigenvalue weighted by atomic mass is 9.87. The molecule has 0 radical (unpaired) electrons. The van der Waals surface area contributed by atoms with Crippen molar-refractivity contribution in [2.24, 2.45) is 5.16 Å². The van der Waals surface area contributed by atoms with Crippen LogP contribution in [-0.4, -0.2) is 42.9 Å². The smallest absolute Gasteiger partial charge is 0.272 e. The molecule has 2 heterocycles. The van der Waals surface area contributed by atoms with E-state index in [1.165, 1.54) is 0 Å². The number of carbonyl (C=O) groups is 1. The summed E-state index contributed by atoms with van der Waals surface area (Å²) in [5.74, 6) is 1.28. The van der Waals surface area contributed by atoms with Crippen molar-refractivity contribution in [1.82, 2.24) is 4.90 Å². The molecule has 2 aliphatic heterocycles. The fourth-order valence-corrected chi connectivity index (χ4v) is 4.09. The van der Waals surface area contributed by atoms with Crippen LogP contribution in [-0.2, 0) is 16.1 Å². The predicted octanol–water partition coefficient (Wildman–Crippen LogP) is 3.73. The summed E-state index contributed by atoms with van der Waals surface area (Å²) in [6, 6.07) is 13.8. The molecule has 0 bridgehead atoms. The second-order valence-corrected chi connectivity index (χ2v) is 8.03. The van der Waals surface area contributed by atoms with Gasteiger partial charge in [-0.2, -0.15) is 0 Å². The van der Waals surface area contributed by atoms with Crippen LogP contribution in [0.3, 0.4) is 0 Å². The standard InChI is InChI=1S/C23H26N2O4/c1-23(2)14-18(24-29-23)22(26)25-11-10-16-12-19(27-3)20(28-4)13-17(16)21(25)15-8-6-5-7-9-15/h5-9,12-13,21H,10-11,14H2,1-4H3. The average Bonchev–Trinajstić information content (AvgIpc) is 3.11. The first-order chi connectivity index (χ1) is 13.9. The molecule has 0 aromatic heterocycles. The monoisotopic (exact) mass is 394 g/mol. The summed E-state index contributed by atoms with van der Waals surface area (Å²) in [4.78, 5) is 20.8. The Morgan fingerprint density at radius 3 is 2.45 bits per heavy atom. The lowest BCUT2D eigenvalue weighted by molar-refractivity contribution is -0.126. The van der Waals surface area contributed by atoms with Gasteiger partial charge in [0.05, 0.1) is 20.3 Å². The van der Waals surface area contributed by atoms with Gasteiger partial charge in [-0.3, -0.25) is 4.79 Å². The van der Waals surface area contributed by atoms with Crippen molar-refractivity contribution in [2.75, 3.05) is 20.8 Å². The Labute approximate surface area is 171 Å². The SMILES string of the molecule is COc1cc2c(cc1OC)C(c1ccccc1)N(C(=O)C1=NOC(C)(C)C1)CC2. The molecule has 0 N–H and O–H groups in total. The van der Waals surface area contributed by atoms with Crippen molar-refractivity contribution in [3.63, 3.8) is 0 Å². The molecule has 1 atom stereocenters. The summed E-state index contributed by atoms with van der Waals surface area (Å²) in [5, 5.41) is 4.09. The molecule has 0 fully saturated rings. The third-order valence-corrected chi connectivity index (χ3v) is 5.49. The van der Waals surface area contributed by atoms with Crippen LogP contribution in [0.25, 0.3) is 0 Å². The Bertz CT molecular complexity index is 953. The summed E-state index contributed by atoms with van der Waals surface area (Å²) in [5.41, 5.74) is 3.28. The quantitative estimate of drug-likeness (QED) is 0.793. The van der Waals surface area contributed by atoms with Crippen molar-refractivity contribution in [3.8, 4) is 11.5 Å². The van der Waals surface area contributed by atoms with Gasteiger partial charge in [0.25, 0.3) is 5.91 Å². The van der Waals surface area contributed by atoms with Crippen molar-refractivity contribution >= 4 is 11.6 Å². The second-order valence-electron chi connectivity index (χ2n) is 8.03. The molecule has 6 heteroatoms. The maximum Gasteiger partial charge on any atom is 0.272 e. The number of rotatable bonds is 4. The molecule has 2 aromatic carbocycles. The highest BCUT2D eigenvalue weighted by molar-refractivity contribution is 6.39. The van der Waals surface area contributed by atoms with Gasteiger partial charge in [0, 0.05) is 13.0 Å². The summed E-state index contributed by atoms with van der Waals surface area (Å²) in [6.07, 6.45) is 1.24. The average molecular weight is 394 g/mol. The third kappa shape index (κ3) is 3.55. The zero-order valence-corrected chi connectivity index (χ0v) is 17.3. The van der Waals surface area contributed by atoms with Crippen LogP contribution in [0, 0.1) is 0 Å². The highest BCUT2D eigenvalue weighted by atomic mass is 16.7. The highest BCUT2D eigenvalue weighted by Crippen LogP contribution is 2.41. The number of nitrogens with zero attached hydrogens (tertiary/aromatic N) is 2. The molecule has 6 nitrogen and oxygen atoms in total. The summed E-state index contributed by atoms with van der Waals surface area (Å²) < 4.78 is 11.0. The van der Waals surface area contributed by atoms with Crippen molar-refractivity contribution in [3.05, 3.63) is 59.2 Å². The number of hydrogen-bond donors (Lipinski definition) is 0. The number of carbonyl (C=O) groups excluding carboxylic acids is 1. The largest absolute Gasteiger partial charge is 0.493 e. The maximum absolute atomic E-state index is 13.4. The van der Waals surface area contributed by atoms with E-state index in [9.17, 15) is 4.79 Å². The van der Waals surface area contributed by atoms with Crippen molar-refractivity contribution in [2.45, 2.75) is 38.3 Å². The number of benzene rings is 2. The first-order valence-corrected chi connectivity index (χ1v) is 9.79. The summed E-state index contributed by atoms with van der Waals surface area (Å²) in [6.45, 7) is 4.47. The molecule has 2 aromatic rings. The van der Waals surface area contributed by atoms with Crippen LogP contribution in [0.2, 0.25) is 0 Å². The van der Waals surface area contributed by atoms with E-state index in [4.69, 9.17) is 14.3 Å². The van der Waals surface area contributed by atoms with Gasteiger partial charge in [0.15, 0.2) is 11.5 Å². The fourth-order valence-electron chi connectivity index (χ4n) is 4.09. The van der Waals surface area contributed by atoms with Crippen molar-refractivity contribution < 1.29 is 19.1 Å². The molecular formula is C23H26N2O4. The predicted molar refractivity (Wildman–Crippen MR) is 110 cm³/mol. The van der Waals surface area contributed by atoms with E-state index in [0.29, 0.717) is 30.2 Å². The van der Waals surface area contributed by atoms with Gasteiger partial charge in [-0.1, -0.05) is 35.5 Å². The molecule has 0 saturated carbocycles.